The molecule has 3 aromatic carbocycles. The molecule has 2 N–H and O–H groups in total. The standard InChI is InChI=1S/C35H40N2O5S/c1-5-8-12-24-15-17-26(18-16-24)33(40)34-32(25-13-10-9-11-14-25)37-35(43-34)36-31(39)20-19-28(38)27-22-30(42-7-3)29(41-6-2)21-23(27)4/h9-11,13-18,21-22,33,40H,5-8,12,19-20H2,1-4H3,(H,36,37,39). The molecule has 1 aromatic heterocycles. The lowest BCUT2D eigenvalue weighted by atomic mass is 10.0. The molecule has 1 unspecified atom stereocenters. The first-order chi connectivity index (χ1) is 20.8. The van der Waals surface area contributed by atoms with Crippen molar-refractivity contribution >= 4 is 28.2 Å². The van der Waals surface area contributed by atoms with Gasteiger partial charge >= 0.3 is 0 Å². The van der Waals surface area contributed by atoms with Crippen LogP contribution in [0.25, 0.3) is 11.3 Å². The number of hydrogen-bond acceptors (Lipinski definition) is 7. The van der Waals surface area contributed by atoms with E-state index in [0.717, 1.165) is 36.0 Å². The number of rotatable bonds is 15. The Morgan fingerprint density at radius 2 is 1.60 bits per heavy atom. The number of Topliss-reactive ketones (excluding diaryl/α,β-unsaturated/α-hetero) is 1. The second-order valence-corrected chi connectivity index (χ2v) is 11.3. The Bertz CT molecular complexity index is 1520. The van der Waals surface area contributed by atoms with Crippen molar-refractivity contribution in [3.63, 3.8) is 0 Å². The second-order valence-electron chi connectivity index (χ2n) is 10.3. The van der Waals surface area contributed by atoms with Crippen molar-refractivity contribution in [1.29, 1.82) is 0 Å². The highest BCUT2D eigenvalue weighted by atomic mass is 32.1. The minimum atomic E-state index is -0.901. The lowest BCUT2D eigenvalue weighted by Crippen LogP contribution is -2.14. The average molecular weight is 601 g/mol. The highest BCUT2D eigenvalue weighted by Gasteiger charge is 2.23. The molecule has 0 aliphatic rings. The molecule has 8 heteroatoms. The van der Waals surface area contributed by atoms with Gasteiger partial charge in [-0.25, -0.2) is 4.98 Å². The molecule has 0 aliphatic carbocycles. The number of anilines is 1. The van der Waals surface area contributed by atoms with Gasteiger partial charge in [0.05, 0.1) is 23.8 Å². The summed E-state index contributed by atoms with van der Waals surface area (Å²) >= 11 is 1.24. The fraction of sp³-hybridized carbons (Fsp3) is 0.343. The number of hydrogen-bond donors (Lipinski definition) is 2. The SMILES string of the molecule is CCCCc1ccc(C(O)c2sc(NC(=O)CCC(=O)c3cc(OCC)c(OCC)cc3C)nc2-c2ccccc2)cc1. The molecule has 1 heterocycles. The van der Waals surface area contributed by atoms with Gasteiger partial charge in [-0.15, -0.1) is 0 Å². The number of aromatic nitrogens is 1. The van der Waals surface area contributed by atoms with E-state index in [-0.39, 0.29) is 24.5 Å². The summed E-state index contributed by atoms with van der Waals surface area (Å²) in [4.78, 5) is 31.4. The number of thiazole rings is 1. The number of aliphatic hydroxyl groups is 1. The van der Waals surface area contributed by atoms with Crippen LogP contribution in [0.15, 0.2) is 66.7 Å². The number of aryl methyl sites for hydroxylation is 2. The lowest BCUT2D eigenvalue weighted by molar-refractivity contribution is -0.116. The van der Waals surface area contributed by atoms with Gasteiger partial charge in [-0.05, 0) is 62.4 Å². The molecule has 0 saturated heterocycles. The van der Waals surface area contributed by atoms with E-state index >= 15 is 0 Å². The molecule has 43 heavy (non-hydrogen) atoms. The highest BCUT2D eigenvalue weighted by molar-refractivity contribution is 7.16. The van der Waals surface area contributed by atoms with Gasteiger partial charge in [0.15, 0.2) is 22.4 Å². The van der Waals surface area contributed by atoms with Crippen LogP contribution in [0, 0.1) is 6.92 Å². The van der Waals surface area contributed by atoms with E-state index < -0.39 is 6.10 Å². The van der Waals surface area contributed by atoms with Crippen molar-refractivity contribution < 1.29 is 24.2 Å². The predicted octanol–water partition coefficient (Wildman–Crippen LogP) is 7.94. The van der Waals surface area contributed by atoms with Gasteiger partial charge in [0.1, 0.15) is 6.10 Å². The van der Waals surface area contributed by atoms with Crippen molar-refractivity contribution in [3.05, 3.63) is 93.9 Å². The molecule has 0 fully saturated rings. The van der Waals surface area contributed by atoms with Crippen LogP contribution in [0.1, 0.15) is 84.5 Å². The van der Waals surface area contributed by atoms with Gasteiger partial charge in [0.25, 0.3) is 0 Å². The van der Waals surface area contributed by atoms with Crippen LogP contribution in [0.2, 0.25) is 0 Å². The summed E-state index contributed by atoms with van der Waals surface area (Å²) < 4.78 is 11.3. The summed E-state index contributed by atoms with van der Waals surface area (Å²) in [5.74, 6) is 0.635. The molecule has 7 nitrogen and oxygen atoms in total. The maximum atomic E-state index is 13.1. The van der Waals surface area contributed by atoms with E-state index in [1.54, 1.807) is 12.1 Å². The Balaban J connectivity index is 1.49. The Kier molecular flexibility index (Phi) is 11.5. The van der Waals surface area contributed by atoms with Crippen LogP contribution < -0.4 is 14.8 Å². The summed E-state index contributed by atoms with van der Waals surface area (Å²) in [6.45, 7) is 8.71. The summed E-state index contributed by atoms with van der Waals surface area (Å²) in [6.07, 6.45) is 2.38. The fourth-order valence-corrected chi connectivity index (χ4v) is 5.83. The number of carbonyl (C=O) groups excluding carboxylic acids is 2. The Morgan fingerprint density at radius 1 is 0.930 bits per heavy atom. The predicted molar refractivity (Wildman–Crippen MR) is 172 cm³/mol. The zero-order chi connectivity index (χ0) is 30.8. The first-order valence-corrected chi connectivity index (χ1v) is 15.7. The first kappa shape index (κ1) is 31.9. The summed E-state index contributed by atoms with van der Waals surface area (Å²) in [5, 5.41) is 14.6. The van der Waals surface area contributed by atoms with E-state index in [0.29, 0.717) is 46.0 Å². The quantitative estimate of drug-likeness (QED) is 0.134. The van der Waals surface area contributed by atoms with Crippen LogP contribution in [0.4, 0.5) is 5.13 Å². The van der Waals surface area contributed by atoms with Gasteiger partial charge in [0, 0.05) is 24.0 Å². The minimum Gasteiger partial charge on any atom is -0.490 e. The zero-order valence-electron chi connectivity index (χ0n) is 25.3. The van der Waals surface area contributed by atoms with Crippen LogP contribution in [0.3, 0.4) is 0 Å². The molecule has 226 valence electrons. The van der Waals surface area contributed by atoms with Crippen LogP contribution in [0.5, 0.6) is 11.5 Å². The highest BCUT2D eigenvalue weighted by Crippen LogP contribution is 2.38. The summed E-state index contributed by atoms with van der Waals surface area (Å²) in [7, 11) is 0. The van der Waals surface area contributed by atoms with Crippen molar-refractivity contribution in [2.24, 2.45) is 0 Å². The molecule has 0 spiro atoms. The maximum absolute atomic E-state index is 13.1. The maximum Gasteiger partial charge on any atom is 0.226 e. The molecule has 1 amide bonds. The van der Waals surface area contributed by atoms with Gasteiger partial charge in [0.2, 0.25) is 5.91 Å². The summed E-state index contributed by atoms with van der Waals surface area (Å²) in [5.41, 5.74) is 4.74. The van der Waals surface area contributed by atoms with Crippen molar-refractivity contribution in [2.45, 2.75) is 65.9 Å². The number of amides is 1. The Morgan fingerprint density at radius 3 is 2.26 bits per heavy atom. The molecule has 4 rings (SSSR count). The summed E-state index contributed by atoms with van der Waals surface area (Å²) in [6, 6.07) is 21.1. The third kappa shape index (κ3) is 8.30. The zero-order valence-corrected chi connectivity index (χ0v) is 26.1. The van der Waals surface area contributed by atoms with Crippen LogP contribution in [-0.2, 0) is 11.2 Å². The number of nitrogens with one attached hydrogen (secondary N) is 1. The molecular formula is C35H40N2O5S. The van der Waals surface area contributed by atoms with Gasteiger partial charge in [-0.3, -0.25) is 9.59 Å². The van der Waals surface area contributed by atoms with Crippen molar-refractivity contribution in [2.75, 3.05) is 18.5 Å². The normalized spacial score (nSPS) is 11.7. The Hall–Kier alpha value is -4.01. The molecule has 0 bridgehead atoms. The van der Waals surface area contributed by atoms with E-state index in [9.17, 15) is 14.7 Å². The van der Waals surface area contributed by atoms with E-state index in [4.69, 9.17) is 14.5 Å². The number of ketones is 1. The number of benzene rings is 3. The van der Waals surface area contributed by atoms with Gasteiger partial charge < -0.3 is 19.9 Å². The minimum absolute atomic E-state index is 0.00713. The average Bonchev–Trinajstić information content (AvgIpc) is 3.44. The molecule has 0 aliphatic heterocycles. The van der Waals surface area contributed by atoms with Crippen LogP contribution >= 0.6 is 11.3 Å². The van der Waals surface area contributed by atoms with E-state index in [1.165, 1.54) is 16.9 Å². The fourth-order valence-electron chi connectivity index (χ4n) is 4.81. The number of unbranched alkanes of at least 4 members (excludes halogenated alkanes) is 1. The molecule has 0 saturated carbocycles. The second kappa shape index (κ2) is 15.5. The lowest BCUT2D eigenvalue weighted by Gasteiger charge is -2.14. The molecular weight excluding hydrogens is 560 g/mol. The molecule has 4 aromatic rings. The van der Waals surface area contributed by atoms with Crippen molar-refractivity contribution in [3.8, 4) is 22.8 Å². The number of nitrogens with zero attached hydrogens (tertiary/aromatic N) is 1. The van der Waals surface area contributed by atoms with Gasteiger partial charge in [-0.1, -0.05) is 79.3 Å². The van der Waals surface area contributed by atoms with Crippen LogP contribution in [-0.4, -0.2) is 35.0 Å². The number of ether oxygens (including phenoxy) is 2. The number of aliphatic hydroxyl groups excluding tert-OH is 1. The largest absolute Gasteiger partial charge is 0.490 e. The first-order valence-electron chi connectivity index (χ1n) is 14.9. The Labute approximate surface area is 257 Å². The van der Waals surface area contributed by atoms with E-state index in [2.05, 4.69) is 24.4 Å². The third-order valence-corrected chi connectivity index (χ3v) is 8.10. The van der Waals surface area contributed by atoms with E-state index in [1.807, 2.05) is 63.2 Å². The smallest absolute Gasteiger partial charge is 0.226 e. The number of carbonyl (C=O) groups is 2. The van der Waals surface area contributed by atoms with Gasteiger partial charge in [-0.2, -0.15) is 0 Å². The third-order valence-electron chi connectivity index (χ3n) is 7.08. The monoisotopic (exact) mass is 600 g/mol. The van der Waals surface area contributed by atoms with Crippen molar-refractivity contribution in [1.82, 2.24) is 4.98 Å². The molecule has 0 radical (unpaired) electrons. The molecule has 1 atom stereocenters. The topological polar surface area (TPSA) is 97.8 Å².